The lowest BCUT2D eigenvalue weighted by atomic mass is 10.1. The highest BCUT2D eigenvalue weighted by atomic mass is 127. The maximum atomic E-state index is 12.7. The summed E-state index contributed by atoms with van der Waals surface area (Å²) in [7, 11) is 0. The van der Waals surface area contributed by atoms with Gasteiger partial charge in [0, 0.05) is 0 Å². The number of imide groups is 1. The minimum atomic E-state index is -4.64. The summed E-state index contributed by atoms with van der Waals surface area (Å²) in [5.74, 6) is -1.71. The second-order valence-corrected chi connectivity index (χ2v) is 5.30. The van der Waals surface area contributed by atoms with Crippen LogP contribution in [0.4, 0.5) is 19.0 Å². The molecular formula is C12H5F3IN3O2. The van der Waals surface area contributed by atoms with E-state index < -0.39 is 23.7 Å². The SMILES string of the molecule is O=C1c2ccccc2C(=O)N1c1n[nH]c(C(F)(F)F)c1I. The number of hydrogen-bond acceptors (Lipinski definition) is 3. The smallest absolute Gasteiger partial charge is 0.271 e. The number of rotatable bonds is 1. The minimum Gasteiger partial charge on any atom is -0.271 e. The molecule has 0 radical (unpaired) electrons. The topological polar surface area (TPSA) is 66.1 Å². The van der Waals surface area contributed by atoms with Crippen molar-refractivity contribution in [3.05, 3.63) is 44.7 Å². The van der Waals surface area contributed by atoms with Gasteiger partial charge in [-0.1, -0.05) is 12.1 Å². The van der Waals surface area contributed by atoms with Crippen LogP contribution in [0, 0.1) is 3.57 Å². The predicted octanol–water partition coefficient (Wildman–Crippen LogP) is 2.83. The van der Waals surface area contributed by atoms with Gasteiger partial charge in [-0.25, -0.2) is 4.90 Å². The van der Waals surface area contributed by atoms with E-state index in [1.54, 1.807) is 12.1 Å². The summed E-state index contributed by atoms with van der Waals surface area (Å²) < 4.78 is 37.9. The molecule has 5 nitrogen and oxygen atoms in total. The van der Waals surface area contributed by atoms with Crippen LogP contribution in [0.1, 0.15) is 26.4 Å². The van der Waals surface area contributed by atoms with E-state index in [9.17, 15) is 22.8 Å². The molecule has 0 spiro atoms. The van der Waals surface area contributed by atoms with Crippen LogP contribution in [-0.4, -0.2) is 22.0 Å². The van der Waals surface area contributed by atoms with E-state index in [-0.39, 0.29) is 20.5 Å². The number of anilines is 1. The molecular weight excluding hydrogens is 402 g/mol. The number of benzene rings is 1. The van der Waals surface area contributed by atoms with Crippen LogP contribution >= 0.6 is 22.6 Å². The Kier molecular flexibility index (Phi) is 3.04. The van der Waals surface area contributed by atoms with E-state index in [0.29, 0.717) is 4.90 Å². The first-order valence-electron chi connectivity index (χ1n) is 5.61. The lowest BCUT2D eigenvalue weighted by molar-refractivity contribution is -0.141. The zero-order valence-corrected chi connectivity index (χ0v) is 12.2. The van der Waals surface area contributed by atoms with Gasteiger partial charge >= 0.3 is 6.18 Å². The molecule has 1 aliphatic heterocycles. The van der Waals surface area contributed by atoms with E-state index in [1.807, 2.05) is 5.10 Å². The number of aromatic amines is 1. The van der Waals surface area contributed by atoms with Crippen LogP contribution in [-0.2, 0) is 6.18 Å². The highest BCUT2D eigenvalue weighted by Gasteiger charge is 2.43. The van der Waals surface area contributed by atoms with E-state index >= 15 is 0 Å². The molecule has 2 heterocycles. The average Bonchev–Trinajstić information content (AvgIpc) is 2.90. The fraction of sp³-hybridized carbons (Fsp3) is 0.0833. The second-order valence-electron chi connectivity index (χ2n) is 4.23. The Bertz CT molecular complexity index is 734. The number of carbonyl (C=O) groups is 2. The number of carbonyl (C=O) groups excluding carboxylic acids is 2. The molecule has 2 amide bonds. The molecule has 2 aromatic rings. The number of aromatic nitrogens is 2. The van der Waals surface area contributed by atoms with E-state index in [4.69, 9.17) is 0 Å². The van der Waals surface area contributed by atoms with Gasteiger partial charge in [0.2, 0.25) is 0 Å². The Morgan fingerprint density at radius 1 is 1.10 bits per heavy atom. The average molecular weight is 407 g/mol. The Morgan fingerprint density at radius 3 is 2.05 bits per heavy atom. The quantitative estimate of drug-likeness (QED) is 0.584. The molecule has 1 N–H and O–H groups in total. The summed E-state index contributed by atoms with van der Waals surface area (Å²) in [6.45, 7) is 0. The lowest BCUT2D eigenvalue weighted by Gasteiger charge is -2.11. The monoisotopic (exact) mass is 407 g/mol. The Balaban J connectivity index is 2.10. The third kappa shape index (κ3) is 2.03. The zero-order chi connectivity index (χ0) is 15.4. The first-order valence-corrected chi connectivity index (χ1v) is 6.69. The van der Waals surface area contributed by atoms with Gasteiger partial charge in [0.05, 0.1) is 14.7 Å². The van der Waals surface area contributed by atoms with Gasteiger partial charge in [0.1, 0.15) is 0 Å². The van der Waals surface area contributed by atoms with E-state index in [1.165, 1.54) is 34.7 Å². The number of fused-ring (bicyclic) bond motifs is 1. The summed E-state index contributed by atoms with van der Waals surface area (Å²) in [5.41, 5.74) is -0.792. The molecule has 0 unspecified atom stereocenters. The van der Waals surface area contributed by atoms with Crippen LogP contribution in [0.25, 0.3) is 0 Å². The Labute approximate surface area is 129 Å². The molecule has 108 valence electrons. The van der Waals surface area contributed by atoms with Crippen molar-refractivity contribution < 1.29 is 22.8 Å². The van der Waals surface area contributed by atoms with Crippen molar-refractivity contribution in [3.8, 4) is 0 Å². The standard InChI is InChI=1S/C12H5F3IN3O2/c13-12(14,15)8-7(16)9(18-17-8)19-10(20)5-3-1-2-4-6(5)11(19)21/h1-4H,(H,17,18). The van der Waals surface area contributed by atoms with Crippen molar-refractivity contribution in [2.45, 2.75) is 6.18 Å². The van der Waals surface area contributed by atoms with Crippen LogP contribution in [0.3, 0.4) is 0 Å². The van der Waals surface area contributed by atoms with Gasteiger partial charge in [-0.3, -0.25) is 14.7 Å². The number of halogens is 4. The first kappa shape index (κ1) is 14.0. The lowest BCUT2D eigenvalue weighted by Crippen LogP contribution is -2.30. The van der Waals surface area contributed by atoms with Crippen molar-refractivity contribution in [1.82, 2.24) is 10.2 Å². The zero-order valence-electron chi connectivity index (χ0n) is 10.0. The molecule has 0 aliphatic carbocycles. The molecule has 9 heteroatoms. The summed E-state index contributed by atoms with van der Waals surface area (Å²) in [5, 5.41) is 5.31. The van der Waals surface area contributed by atoms with Crippen molar-refractivity contribution in [2.75, 3.05) is 4.90 Å². The highest BCUT2D eigenvalue weighted by Crippen LogP contribution is 2.37. The number of amides is 2. The number of nitrogens with one attached hydrogen (secondary N) is 1. The van der Waals surface area contributed by atoms with E-state index in [2.05, 4.69) is 5.10 Å². The highest BCUT2D eigenvalue weighted by molar-refractivity contribution is 14.1. The van der Waals surface area contributed by atoms with Crippen molar-refractivity contribution in [3.63, 3.8) is 0 Å². The maximum Gasteiger partial charge on any atom is 0.433 e. The molecule has 21 heavy (non-hydrogen) atoms. The first-order chi connectivity index (χ1) is 9.82. The van der Waals surface area contributed by atoms with Gasteiger partial charge in [-0.05, 0) is 34.7 Å². The summed E-state index contributed by atoms with van der Waals surface area (Å²) in [6, 6.07) is 6.04. The molecule has 3 rings (SSSR count). The third-order valence-electron chi connectivity index (χ3n) is 2.98. The second kappa shape index (κ2) is 4.55. The normalized spacial score (nSPS) is 14.8. The Hall–Kier alpha value is -1.91. The molecule has 0 fully saturated rings. The Morgan fingerprint density at radius 2 is 1.62 bits per heavy atom. The van der Waals surface area contributed by atoms with Crippen LogP contribution in [0.2, 0.25) is 0 Å². The number of nitrogens with zero attached hydrogens (tertiary/aromatic N) is 2. The van der Waals surface area contributed by atoms with Crippen LogP contribution in [0.15, 0.2) is 24.3 Å². The van der Waals surface area contributed by atoms with Crippen molar-refractivity contribution >= 4 is 40.2 Å². The predicted molar refractivity (Wildman–Crippen MR) is 73.9 cm³/mol. The van der Waals surface area contributed by atoms with E-state index in [0.717, 1.165) is 0 Å². The van der Waals surface area contributed by atoms with Gasteiger partial charge in [-0.15, -0.1) is 0 Å². The van der Waals surface area contributed by atoms with Gasteiger partial charge < -0.3 is 0 Å². The number of H-pyrrole nitrogens is 1. The molecule has 0 saturated heterocycles. The number of hydrogen-bond donors (Lipinski definition) is 1. The largest absolute Gasteiger partial charge is 0.433 e. The summed E-state index contributed by atoms with van der Waals surface area (Å²) >= 11 is 1.41. The number of alkyl halides is 3. The van der Waals surface area contributed by atoms with Gasteiger partial charge in [-0.2, -0.15) is 18.3 Å². The molecule has 0 bridgehead atoms. The van der Waals surface area contributed by atoms with Gasteiger partial charge in [0.25, 0.3) is 11.8 Å². The summed E-state index contributed by atoms with van der Waals surface area (Å²) in [4.78, 5) is 25.0. The fourth-order valence-electron chi connectivity index (χ4n) is 2.04. The van der Waals surface area contributed by atoms with Gasteiger partial charge in [0.15, 0.2) is 11.5 Å². The minimum absolute atomic E-state index is 0.148. The maximum absolute atomic E-state index is 12.7. The third-order valence-corrected chi connectivity index (χ3v) is 4.00. The van der Waals surface area contributed by atoms with Crippen LogP contribution < -0.4 is 4.90 Å². The molecule has 1 aromatic heterocycles. The van der Waals surface area contributed by atoms with Crippen molar-refractivity contribution in [1.29, 1.82) is 0 Å². The molecule has 0 atom stereocenters. The molecule has 1 aliphatic rings. The molecule has 1 aromatic carbocycles. The summed E-state index contributed by atoms with van der Waals surface area (Å²) in [6.07, 6.45) is -4.64. The van der Waals surface area contributed by atoms with Crippen LogP contribution in [0.5, 0.6) is 0 Å². The molecule has 0 saturated carbocycles. The fourth-order valence-corrected chi connectivity index (χ4v) is 2.82. The van der Waals surface area contributed by atoms with Crippen molar-refractivity contribution in [2.24, 2.45) is 0 Å².